The van der Waals surface area contributed by atoms with E-state index in [2.05, 4.69) is 65.1 Å². The molecule has 0 bridgehead atoms. The third kappa shape index (κ3) is 4.33. The molecule has 0 heterocycles. The second-order valence-electron chi connectivity index (χ2n) is 5.17. The summed E-state index contributed by atoms with van der Waals surface area (Å²) in [6.07, 6.45) is 6.52. The highest BCUT2D eigenvalue weighted by Crippen LogP contribution is 2.41. The maximum absolute atomic E-state index is 3.00. The molecule has 1 unspecified atom stereocenters. The third-order valence-electron chi connectivity index (χ3n) is 3.42. The molecule has 18 heavy (non-hydrogen) atoms. The summed E-state index contributed by atoms with van der Waals surface area (Å²) in [7, 11) is 0. The van der Waals surface area contributed by atoms with Gasteiger partial charge in [-0.2, -0.15) is 0 Å². The Kier molecular flexibility index (Phi) is 8.45. The highest BCUT2D eigenvalue weighted by Gasteiger charge is 2.32. The van der Waals surface area contributed by atoms with E-state index < -0.39 is 0 Å². The summed E-state index contributed by atoms with van der Waals surface area (Å²) in [6, 6.07) is 8.95. The van der Waals surface area contributed by atoms with Gasteiger partial charge in [0, 0.05) is 0 Å². The number of rotatable bonds is 2. The number of fused-ring (bicyclic) bond motifs is 1. The molecule has 0 aromatic heterocycles. The van der Waals surface area contributed by atoms with E-state index in [0.29, 0.717) is 5.41 Å². The van der Waals surface area contributed by atoms with E-state index in [-0.39, 0.29) is 0 Å². The Hall–Kier alpha value is -1.04. The lowest BCUT2D eigenvalue weighted by atomic mass is 9.80. The fourth-order valence-corrected chi connectivity index (χ4v) is 2.68. The van der Waals surface area contributed by atoms with Crippen molar-refractivity contribution in [3.05, 3.63) is 48.6 Å². The standard InChI is InChI=1S/C13H18.C3H8.C2H4/c1-3-9-13(2)10-8-11-6-4-5-7-12(11)13;1-3-2;1-2/h4-7H,3,8-10H2,1-2H3;3H2,1-2H3;1-2H2. The summed E-state index contributed by atoms with van der Waals surface area (Å²) in [5.41, 5.74) is 3.67. The number of aryl methyl sites for hydroxylation is 1. The molecule has 0 saturated heterocycles. The smallest absolute Gasteiger partial charge is 0.00695 e. The van der Waals surface area contributed by atoms with Crippen LogP contribution in [-0.2, 0) is 11.8 Å². The Labute approximate surface area is 114 Å². The molecule has 102 valence electrons. The number of hydrogen-bond donors (Lipinski definition) is 0. The van der Waals surface area contributed by atoms with Crippen LogP contribution in [0.2, 0.25) is 0 Å². The Bertz CT molecular complexity index is 323. The van der Waals surface area contributed by atoms with E-state index in [0.717, 1.165) is 0 Å². The first-order chi connectivity index (χ1) is 8.68. The van der Waals surface area contributed by atoms with Gasteiger partial charge in [-0.05, 0) is 35.8 Å². The van der Waals surface area contributed by atoms with Crippen molar-refractivity contribution in [3.63, 3.8) is 0 Å². The molecule has 0 N–H and O–H groups in total. The zero-order valence-electron chi connectivity index (χ0n) is 12.8. The molecule has 2 rings (SSSR count). The minimum absolute atomic E-state index is 0.478. The molecule has 1 aromatic rings. The average molecular weight is 246 g/mol. The summed E-state index contributed by atoms with van der Waals surface area (Å²) in [6.45, 7) is 15.0. The topological polar surface area (TPSA) is 0 Å². The van der Waals surface area contributed by atoms with Crippen LogP contribution in [0, 0.1) is 0 Å². The van der Waals surface area contributed by atoms with E-state index >= 15 is 0 Å². The van der Waals surface area contributed by atoms with Crippen LogP contribution in [0.25, 0.3) is 0 Å². The van der Waals surface area contributed by atoms with Crippen LogP contribution in [0.5, 0.6) is 0 Å². The van der Waals surface area contributed by atoms with Gasteiger partial charge in [0.25, 0.3) is 0 Å². The molecule has 1 aromatic carbocycles. The normalized spacial score (nSPS) is 20.0. The third-order valence-corrected chi connectivity index (χ3v) is 3.42. The van der Waals surface area contributed by atoms with Gasteiger partial charge < -0.3 is 0 Å². The van der Waals surface area contributed by atoms with Gasteiger partial charge in [-0.3, -0.25) is 0 Å². The molecule has 0 saturated carbocycles. The maximum atomic E-state index is 3.00. The summed E-state index contributed by atoms with van der Waals surface area (Å²) >= 11 is 0. The van der Waals surface area contributed by atoms with Gasteiger partial charge in [-0.25, -0.2) is 0 Å². The molecule has 0 aliphatic heterocycles. The van der Waals surface area contributed by atoms with Gasteiger partial charge in [0.1, 0.15) is 0 Å². The summed E-state index contributed by atoms with van der Waals surface area (Å²) in [5.74, 6) is 0. The van der Waals surface area contributed by atoms with Crippen molar-refractivity contribution >= 4 is 0 Å². The fourth-order valence-electron chi connectivity index (χ4n) is 2.68. The minimum atomic E-state index is 0.478. The van der Waals surface area contributed by atoms with Crippen molar-refractivity contribution in [2.24, 2.45) is 0 Å². The molecule has 0 radical (unpaired) electrons. The van der Waals surface area contributed by atoms with Crippen molar-refractivity contribution in [1.29, 1.82) is 0 Å². The SMILES string of the molecule is C=C.CCC.CCCC1(C)CCc2ccccc21. The molecule has 0 fully saturated rings. The van der Waals surface area contributed by atoms with E-state index in [1.54, 1.807) is 11.1 Å². The molecule has 1 aliphatic rings. The Morgan fingerprint density at radius 2 is 1.67 bits per heavy atom. The van der Waals surface area contributed by atoms with Crippen LogP contribution in [0.1, 0.15) is 64.5 Å². The first-order valence-electron chi connectivity index (χ1n) is 7.26. The van der Waals surface area contributed by atoms with Gasteiger partial charge in [0.05, 0.1) is 0 Å². The Morgan fingerprint density at radius 3 is 2.22 bits per heavy atom. The summed E-state index contributed by atoms with van der Waals surface area (Å²) in [4.78, 5) is 0. The average Bonchev–Trinajstić information content (AvgIpc) is 2.72. The summed E-state index contributed by atoms with van der Waals surface area (Å²) in [5, 5.41) is 0. The maximum Gasteiger partial charge on any atom is -0.00695 e. The van der Waals surface area contributed by atoms with Crippen molar-refractivity contribution in [2.75, 3.05) is 0 Å². The molecular weight excluding hydrogens is 216 g/mol. The predicted octanol–water partition coefficient (Wildman–Crippen LogP) is 5.91. The van der Waals surface area contributed by atoms with Crippen LogP contribution in [0.4, 0.5) is 0 Å². The second kappa shape index (κ2) is 8.97. The Morgan fingerprint density at radius 1 is 1.11 bits per heavy atom. The molecule has 1 atom stereocenters. The minimum Gasteiger partial charge on any atom is -0.106 e. The highest BCUT2D eigenvalue weighted by molar-refractivity contribution is 5.38. The van der Waals surface area contributed by atoms with Crippen molar-refractivity contribution in [3.8, 4) is 0 Å². The van der Waals surface area contributed by atoms with Gasteiger partial charge in [0.2, 0.25) is 0 Å². The second-order valence-corrected chi connectivity index (χ2v) is 5.17. The lowest BCUT2D eigenvalue weighted by molar-refractivity contribution is 0.426. The van der Waals surface area contributed by atoms with Gasteiger partial charge in [-0.1, -0.05) is 64.8 Å². The van der Waals surface area contributed by atoms with Gasteiger partial charge >= 0.3 is 0 Å². The summed E-state index contributed by atoms with van der Waals surface area (Å²) < 4.78 is 0. The lowest BCUT2D eigenvalue weighted by Crippen LogP contribution is -2.17. The first kappa shape index (κ1) is 17.0. The van der Waals surface area contributed by atoms with Crippen molar-refractivity contribution < 1.29 is 0 Å². The van der Waals surface area contributed by atoms with Crippen LogP contribution in [0.3, 0.4) is 0 Å². The molecule has 1 aliphatic carbocycles. The lowest BCUT2D eigenvalue weighted by Gasteiger charge is -2.24. The Balaban J connectivity index is 0.000000509. The molecule has 0 amide bonds. The first-order valence-corrected chi connectivity index (χ1v) is 7.26. The van der Waals surface area contributed by atoms with Crippen molar-refractivity contribution in [2.45, 2.75) is 65.2 Å². The van der Waals surface area contributed by atoms with Gasteiger partial charge in [0.15, 0.2) is 0 Å². The van der Waals surface area contributed by atoms with Crippen LogP contribution in [0.15, 0.2) is 37.4 Å². The predicted molar refractivity (Wildman–Crippen MR) is 84.2 cm³/mol. The molecule has 0 spiro atoms. The molecular formula is C18H30. The fraction of sp³-hybridized carbons (Fsp3) is 0.556. The van der Waals surface area contributed by atoms with E-state index in [4.69, 9.17) is 0 Å². The quantitative estimate of drug-likeness (QED) is 0.569. The largest absolute Gasteiger partial charge is 0.106 e. The van der Waals surface area contributed by atoms with Crippen LogP contribution < -0.4 is 0 Å². The molecule has 0 nitrogen and oxygen atoms in total. The zero-order chi connectivity index (χ0) is 14.0. The van der Waals surface area contributed by atoms with Crippen LogP contribution >= 0.6 is 0 Å². The van der Waals surface area contributed by atoms with E-state index in [9.17, 15) is 0 Å². The number of hydrogen-bond acceptors (Lipinski definition) is 0. The van der Waals surface area contributed by atoms with E-state index in [1.807, 2.05) is 0 Å². The highest BCUT2D eigenvalue weighted by atomic mass is 14.4. The van der Waals surface area contributed by atoms with Crippen molar-refractivity contribution in [1.82, 2.24) is 0 Å². The van der Waals surface area contributed by atoms with E-state index in [1.165, 1.54) is 32.1 Å². The van der Waals surface area contributed by atoms with Crippen LogP contribution in [-0.4, -0.2) is 0 Å². The van der Waals surface area contributed by atoms with Gasteiger partial charge in [-0.15, -0.1) is 13.2 Å². The zero-order valence-corrected chi connectivity index (χ0v) is 12.8. The number of benzene rings is 1. The molecule has 0 heteroatoms. The monoisotopic (exact) mass is 246 g/mol.